The Bertz CT molecular complexity index is 805. The Balaban J connectivity index is 2.73. The highest BCUT2D eigenvalue weighted by molar-refractivity contribution is 6.33. The summed E-state index contributed by atoms with van der Waals surface area (Å²) in [7, 11) is 2.92. The Labute approximate surface area is 142 Å². The molecule has 0 radical (unpaired) electrons. The number of benzene rings is 1. The largest absolute Gasteiger partial charge is 0.497 e. The van der Waals surface area contributed by atoms with Crippen LogP contribution in [-0.2, 0) is 11.2 Å². The van der Waals surface area contributed by atoms with Crippen LogP contribution in [0.1, 0.15) is 16.1 Å². The van der Waals surface area contributed by atoms with Crippen LogP contribution >= 0.6 is 11.6 Å². The van der Waals surface area contributed by atoms with Gasteiger partial charge in [-0.2, -0.15) is 0 Å². The number of aliphatic carboxylic acids is 1. The summed E-state index contributed by atoms with van der Waals surface area (Å²) >= 11 is 5.97. The van der Waals surface area contributed by atoms with Gasteiger partial charge in [-0.25, -0.2) is 9.78 Å². The number of aromatic nitrogens is 1. The standard InChI is InChI=1S/C16H14ClNO6/c1-23-9-3-4-10(12(7-9)24-2)11-5-8(6-13(19)20)18-15(17)14(11)16(21)22/h3-5,7H,6H2,1-2H3,(H,19,20)(H,21,22). The first-order valence-corrected chi connectivity index (χ1v) is 7.12. The predicted octanol–water partition coefficient (Wildman–Crippen LogP) is 2.74. The van der Waals surface area contributed by atoms with Crippen molar-refractivity contribution in [1.29, 1.82) is 0 Å². The number of rotatable bonds is 6. The molecule has 8 heteroatoms. The van der Waals surface area contributed by atoms with Crippen LogP contribution in [0.15, 0.2) is 24.3 Å². The van der Waals surface area contributed by atoms with E-state index in [0.717, 1.165) is 0 Å². The average Bonchev–Trinajstić information content (AvgIpc) is 2.52. The van der Waals surface area contributed by atoms with Crippen molar-refractivity contribution in [2.24, 2.45) is 0 Å². The molecular weight excluding hydrogens is 338 g/mol. The third-order valence-electron chi connectivity index (χ3n) is 3.27. The fourth-order valence-electron chi connectivity index (χ4n) is 2.25. The first-order valence-electron chi connectivity index (χ1n) is 6.74. The molecule has 0 atom stereocenters. The van der Waals surface area contributed by atoms with Gasteiger partial charge in [0.1, 0.15) is 22.2 Å². The SMILES string of the molecule is COc1ccc(-c2cc(CC(=O)O)nc(Cl)c2C(=O)O)c(OC)c1. The second-order valence-corrected chi connectivity index (χ2v) is 5.13. The van der Waals surface area contributed by atoms with Gasteiger partial charge in [0.15, 0.2) is 0 Å². The summed E-state index contributed by atoms with van der Waals surface area (Å²) in [5, 5.41) is 18.1. The average molecular weight is 352 g/mol. The minimum atomic E-state index is -1.28. The van der Waals surface area contributed by atoms with Gasteiger partial charge >= 0.3 is 11.9 Å². The molecule has 1 aromatic heterocycles. The number of halogens is 1. The van der Waals surface area contributed by atoms with Crippen LogP contribution in [0, 0.1) is 0 Å². The van der Waals surface area contributed by atoms with Gasteiger partial charge in [-0.05, 0) is 18.2 Å². The van der Waals surface area contributed by atoms with E-state index in [1.165, 1.54) is 20.3 Å². The molecule has 0 unspecified atom stereocenters. The van der Waals surface area contributed by atoms with Crippen LogP contribution in [0.2, 0.25) is 5.15 Å². The summed E-state index contributed by atoms with van der Waals surface area (Å²) in [5.41, 5.74) is 0.574. The number of methoxy groups -OCH3 is 2. The van der Waals surface area contributed by atoms with Gasteiger partial charge in [-0.15, -0.1) is 0 Å². The third-order valence-corrected chi connectivity index (χ3v) is 3.55. The number of hydrogen-bond acceptors (Lipinski definition) is 5. The highest BCUT2D eigenvalue weighted by atomic mass is 35.5. The Morgan fingerprint density at radius 2 is 1.83 bits per heavy atom. The fraction of sp³-hybridized carbons (Fsp3) is 0.188. The Morgan fingerprint density at radius 1 is 1.12 bits per heavy atom. The topological polar surface area (TPSA) is 106 Å². The van der Waals surface area contributed by atoms with E-state index in [1.54, 1.807) is 18.2 Å². The zero-order valence-electron chi connectivity index (χ0n) is 12.9. The van der Waals surface area contributed by atoms with Crippen molar-refractivity contribution in [2.45, 2.75) is 6.42 Å². The normalized spacial score (nSPS) is 10.3. The molecule has 7 nitrogen and oxygen atoms in total. The second kappa shape index (κ2) is 7.18. The fourth-order valence-corrected chi connectivity index (χ4v) is 2.54. The molecule has 1 heterocycles. The van der Waals surface area contributed by atoms with E-state index in [-0.39, 0.29) is 28.4 Å². The lowest BCUT2D eigenvalue weighted by Gasteiger charge is -2.14. The van der Waals surface area contributed by atoms with E-state index in [4.69, 9.17) is 26.2 Å². The van der Waals surface area contributed by atoms with E-state index < -0.39 is 11.9 Å². The van der Waals surface area contributed by atoms with E-state index in [0.29, 0.717) is 17.1 Å². The van der Waals surface area contributed by atoms with Gasteiger partial charge in [-0.1, -0.05) is 11.6 Å². The van der Waals surface area contributed by atoms with Crippen LogP contribution in [-0.4, -0.2) is 41.4 Å². The number of nitrogens with zero attached hydrogens (tertiary/aromatic N) is 1. The maximum atomic E-state index is 11.6. The number of pyridine rings is 1. The molecule has 2 N–H and O–H groups in total. The van der Waals surface area contributed by atoms with Gasteiger partial charge in [0.05, 0.1) is 26.3 Å². The van der Waals surface area contributed by atoms with Crippen molar-refractivity contribution in [1.82, 2.24) is 4.98 Å². The van der Waals surface area contributed by atoms with Crippen LogP contribution in [0.3, 0.4) is 0 Å². The molecule has 126 valence electrons. The van der Waals surface area contributed by atoms with Crippen molar-refractivity contribution < 1.29 is 29.3 Å². The Kier molecular flexibility index (Phi) is 5.25. The van der Waals surface area contributed by atoms with Crippen LogP contribution in [0.4, 0.5) is 0 Å². The molecule has 0 bridgehead atoms. The Hall–Kier alpha value is -2.80. The van der Waals surface area contributed by atoms with E-state index in [1.807, 2.05) is 0 Å². The van der Waals surface area contributed by atoms with Crippen LogP contribution in [0.25, 0.3) is 11.1 Å². The lowest BCUT2D eigenvalue weighted by atomic mass is 9.98. The number of carboxylic acids is 2. The van der Waals surface area contributed by atoms with Crippen molar-refractivity contribution in [3.8, 4) is 22.6 Å². The molecule has 0 saturated carbocycles. The Morgan fingerprint density at radius 3 is 2.38 bits per heavy atom. The zero-order chi connectivity index (χ0) is 17.9. The van der Waals surface area contributed by atoms with Gasteiger partial charge < -0.3 is 19.7 Å². The molecule has 24 heavy (non-hydrogen) atoms. The maximum Gasteiger partial charge on any atom is 0.339 e. The third kappa shape index (κ3) is 3.57. The van der Waals surface area contributed by atoms with Crippen molar-refractivity contribution >= 4 is 23.5 Å². The molecule has 0 fully saturated rings. The van der Waals surface area contributed by atoms with E-state index in [2.05, 4.69) is 4.98 Å². The summed E-state index contributed by atoms with van der Waals surface area (Å²) in [6, 6.07) is 6.22. The second-order valence-electron chi connectivity index (χ2n) is 4.77. The molecule has 0 saturated heterocycles. The zero-order valence-corrected chi connectivity index (χ0v) is 13.6. The smallest absolute Gasteiger partial charge is 0.339 e. The number of carbonyl (C=O) groups is 2. The number of carboxylic acid groups (broad SMARTS) is 2. The molecule has 0 spiro atoms. The first kappa shape index (κ1) is 17.6. The lowest BCUT2D eigenvalue weighted by Crippen LogP contribution is -2.08. The molecular formula is C16H14ClNO6. The molecule has 0 aliphatic carbocycles. The van der Waals surface area contributed by atoms with E-state index in [9.17, 15) is 14.7 Å². The summed E-state index contributed by atoms with van der Waals surface area (Å²) in [6.45, 7) is 0. The van der Waals surface area contributed by atoms with Gasteiger partial charge in [0, 0.05) is 17.2 Å². The lowest BCUT2D eigenvalue weighted by molar-refractivity contribution is -0.136. The summed E-state index contributed by atoms with van der Waals surface area (Å²) in [5.74, 6) is -1.49. The minimum Gasteiger partial charge on any atom is -0.497 e. The first-order chi connectivity index (χ1) is 11.4. The van der Waals surface area contributed by atoms with Crippen molar-refractivity contribution in [3.63, 3.8) is 0 Å². The monoisotopic (exact) mass is 351 g/mol. The van der Waals surface area contributed by atoms with Gasteiger partial charge in [0.2, 0.25) is 0 Å². The van der Waals surface area contributed by atoms with Gasteiger partial charge in [0.25, 0.3) is 0 Å². The van der Waals surface area contributed by atoms with Crippen LogP contribution in [0.5, 0.6) is 11.5 Å². The van der Waals surface area contributed by atoms with Crippen molar-refractivity contribution in [3.05, 3.63) is 40.7 Å². The highest BCUT2D eigenvalue weighted by Gasteiger charge is 2.22. The molecule has 0 aliphatic rings. The molecule has 1 aromatic carbocycles. The molecule has 2 rings (SSSR count). The number of aromatic carboxylic acids is 1. The number of hydrogen-bond donors (Lipinski definition) is 2. The van der Waals surface area contributed by atoms with E-state index >= 15 is 0 Å². The van der Waals surface area contributed by atoms with Crippen LogP contribution < -0.4 is 9.47 Å². The highest BCUT2D eigenvalue weighted by Crippen LogP contribution is 2.37. The summed E-state index contributed by atoms with van der Waals surface area (Å²) in [4.78, 5) is 26.3. The minimum absolute atomic E-state index is 0.144. The quantitative estimate of drug-likeness (QED) is 0.770. The van der Waals surface area contributed by atoms with Crippen molar-refractivity contribution in [2.75, 3.05) is 14.2 Å². The van der Waals surface area contributed by atoms with Gasteiger partial charge in [-0.3, -0.25) is 4.79 Å². The maximum absolute atomic E-state index is 11.6. The predicted molar refractivity (Wildman–Crippen MR) is 86.1 cm³/mol. The molecule has 0 aliphatic heterocycles. The molecule has 2 aromatic rings. The summed E-state index contributed by atoms with van der Waals surface area (Å²) < 4.78 is 10.4. The summed E-state index contributed by atoms with van der Waals surface area (Å²) in [6.07, 6.45) is -0.384. The number of ether oxygens (including phenoxy) is 2. The molecule has 0 amide bonds.